The summed E-state index contributed by atoms with van der Waals surface area (Å²) in [4.78, 5) is 8.79. The number of nitrogens with one attached hydrogen (secondary N) is 1. The Hall–Kier alpha value is -2.43. The summed E-state index contributed by atoms with van der Waals surface area (Å²) in [7, 11) is 0. The number of hydrogen-bond donors (Lipinski definition) is 2. The molecule has 3 aromatic heterocycles. The van der Waals surface area contributed by atoms with Gasteiger partial charge in [-0.1, -0.05) is 20.8 Å². The van der Waals surface area contributed by atoms with Crippen LogP contribution in [0, 0.1) is 0 Å². The Labute approximate surface area is 117 Å². The molecule has 3 rings (SSSR count). The summed E-state index contributed by atoms with van der Waals surface area (Å²) >= 11 is 0. The first-order valence-corrected chi connectivity index (χ1v) is 6.52. The Morgan fingerprint density at radius 3 is 2.50 bits per heavy atom. The van der Waals surface area contributed by atoms with E-state index in [9.17, 15) is 0 Å². The maximum Gasteiger partial charge on any atom is 0.157 e. The average Bonchev–Trinajstić information content (AvgIpc) is 2.79. The van der Waals surface area contributed by atoms with E-state index in [2.05, 4.69) is 42.0 Å². The van der Waals surface area contributed by atoms with E-state index in [0.717, 1.165) is 27.9 Å². The van der Waals surface area contributed by atoms with Gasteiger partial charge in [0.1, 0.15) is 0 Å². The minimum absolute atomic E-state index is 0.0767. The molecule has 0 saturated heterocycles. The number of aromatic nitrogens is 4. The van der Waals surface area contributed by atoms with Crippen molar-refractivity contribution >= 4 is 16.9 Å². The van der Waals surface area contributed by atoms with E-state index >= 15 is 0 Å². The van der Waals surface area contributed by atoms with Crippen molar-refractivity contribution in [3.63, 3.8) is 0 Å². The molecule has 0 aromatic carbocycles. The SMILES string of the molecule is CC(C)(C)c1nc2[nH]nc(N)c2cc1-c1ccncc1. The summed E-state index contributed by atoms with van der Waals surface area (Å²) in [6, 6.07) is 6.01. The van der Waals surface area contributed by atoms with Gasteiger partial charge in [0.25, 0.3) is 0 Å². The molecule has 0 amide bonds. The standard InChI is InChI=1S/C15H17N5/c1-15(2,3)12-10(9-4-6-17-7-5-9)8-11-13(16)19-20-14(11)18-12/h4-8H,1-3H3,(H3,16,18,19,20). The van der Waals surface area contributed by atoms with Crippen molar-refractivity contribution in [2.24, 2.45) is 0 Å². The monoisotopic (exact) mass is 267 g/mol. The Kier molecular flexibility index (Phi) is 2.71. The van der Waals surface area contributed by atoms with E-state index in [1.807, 2.05) is 12.1 Å². The summed E-state index contributed by atoms with van der Waals surface area (Å²) in [6.07, 6.45) is 3.56. The van der Waals surface area contributed by atoms with E-state index in [1.165, 1.54) is 0 Å². The fraction of sp³-hybridized carbons (Fsp3) is 0.267. The lowest BCUT2D eigenvalue weighted by molar-refractivity contribution is 0.573. The smallest absolute Gasteiger partial charge is 0.157 e. The predicted molar refractivity (Wildman–Crippen MR) is 80.2 cm³/mol. The van der Waals surface area contributed by atoms with Gasteiger partial charge in [0.05, 0.1) is 11.1 Å². The van der Waals surface area contributed by atoms with E-state index in [0.29, 0.717) is 5.82 Å². The fourth-order valence-corrected chi connectivity index (χ4v) is 2.29. The zero-order valence-corrected chi connectivity index (χ0v) is 11.8. The normalized spacial score (nSPS) is 11.9. The second-order valence-electron chi connectivity index (χ2n) is 5.88. The Balaban J connectivity index is 2.35. The molecule has 3 N–H and O–H groups in total. The van der Waals surface area contributed by atoms with Crippen LogP contribution in [0.25, 0.3) is 22.2 Å². The number of pyridine rings is 2. The number of hydrogen-bond acceptors (Lipinski definition) is 4. The number of fused-ring (bicyclic) bond motifs is 1. The minimum atomic E-state index is -0.0767. The largest absolute Gasteiger partial charge is 0.382 e. The van der Waals surface area contributed by atoms with Crippen LogP contribution in [0.3, 0.4) is 0 Å². The fourth-order valence-electron chi connectivity index (χ4n) is 2.29. The van der Waals surface area contributed by atoms with Gasteiger partial charge in [0, 0.05) is 23.4 Å². The van der Waals surface area contributed by atoms with E-state index in [1.54, 1.807) is 12.4 Å². The van der Waals surface area contributed by atoms with Crippen molar-refractivity contribution in [1.82, 2.24) is 20.2 Å². The molecule has 0 unspecified atom stereocenters. The molecule has 0 bridgehead atoms. The van der Waals surface area contributed by atoms with Crippen LogP contribution in [0.5, 0.6) is 0 Å². The molecule has 0 radical (unpaired) electrons. The second-order valence-corrected chi connectivity index (χ2v) is 5.88. The molecule has 5 heteroatoms. The lowest BCUT2D eigenvalue weighted by Gasteiger charge is -2.21. The highest BCUT2D eigenvalue weighted by molar-refractivity contribution is 5.90. The van der Waals surface area contributed by atoms with Crippen LogP contribution < -0.4 is 5.73 Å². The number of nitrogen functional groups attached to an aromatic ring is 1. The summed E-state index contributed by atoms with van der Waals surface area (Å²) in [5.41, 5.74) is 9.70. The molecule has 0 aliphatic heterocycles. The number of H-pyrrole nitrogens is 1. The molecular weight excluding hydrogens is 250 g/mol. The number of anilines is 1. The van der Waals surface area contributed by atoms with E-state index < -0.39 is 0 Å². The van der Waals surface area contributed by atoms with Gasteiger partial charge in [-0.15, -0.1) is 0 Å². The average molecular weight is 267 g/mol. The van der Waals surface area contributed by atoms with Gasteiger partial charge in [-0.25, -0.2) is 4.98 Å². The molecule has 0 aliphatic carbocycles. The number of aromatic amines is 1. The number of rotatable bonds is 1. The van der Waals surface area contributed by atoms with Crippen molar-refractivity contribution in [3.8, 4) is 11.1 Å². The van der Waals surface area contributed by atoms with Crippen LogP contribution in [-0.2, 0) is 5.41 Å². The van der Waals surface area contributed by atoms with Crippen molar-refractivity contribution in [3.05, 3.63) is 36.3 Å². The van der Waals surface area contributed by atoms with Gasteiger partial charge in [-0.2, -0.15) is 5.10 Å². The van der Waals surface area contributed by atoms with E-state index in [4.69, 9.17) is 10.7 Å². The van der Waals surface area contributed by atoms with Crippen LogP contribution in [0.2, 0.25) is 0 Å². The molecule has 0 aliphatic rings. The van der Waals surface area contributed by atoms with Crippen molar-refractivity contribution in [2.45, 2.75) is 26.2 Å². The molecule has 20 heavy (non-hydrogen) atoms. The molecular formula is C15H17N5. The third-order valence-electron chi connectivity index (χ3n) is 3.28. The Morgan fingerprint density at radius 1 is 1.15 bits per heavy atom. The van der Waals surface area contributed by atoms with Gasteiger partial charge in [0.2, 0.25) is 0 Å². The zero-order valence-electron chi connectivity index (χ0n) is 11.8. The summed E-state index contributed by atoms with van der Waals surface area (Å²) in [6.45, 7) is 6.43. The zero-order chi connectivity index (χ0) is 14.3. The third kappa shape index (κ3) is 2.01. The van der Waals surface area contributed by atoms with Crippen LogP contribution in [0.15, 0.2) is 30.6 Å². The molecule has 3 heterocycles. The van der Waals surface area contributed by atoms with Gasteiger partial charge in [-0.05, 0) is 23.8 Å². The molecule has 0 saturated carbocycles. The van der Waals surface area contributed by atoms with Crippen LogP contribution in [-0.4, -0.2) is 20.2 Å². The second kappa shape index (κ2) is 4.30. The topological polar surface area (TPSA) is 80.5 Å². The van der Waals surface area contributed by atoms with Crippen molar-refractivity contribution < 1.29 is 0 Å². The maximum atomic E-state index is 5.89. The third-order valence-corrected chi connectivity index (χ3v) is 3.28. The molecule has 0 spiro atoms. The Bertz CT molecular complexity index is 753. The number of nitrogens with zero attached hydrogens (tertiary/aromatic N) is 3. The van der Waals surface area contributed by atoms with Crippen LogP contribution in [0.4, 0.5) is 5.82 Å². The maximum absolute atomic E-state index is 5.89. The van der Waals surface area contributed by atoms with E-state index in [-0.39, 0.29) is 5.41 Å². The lowest BCUT2D eigenvalue weighted by Crippen LogP contribution is -2.15. The highest BCUT2D eigenvalue weighted by Crippen LogP contribution is 2.34. The first-order chi connectivity index (χ1) is 9.47. The highest BCUT2D eigenvalue weighted by atomic mass is 15.2. The first-order valence-electron chi connectivity index (χ1n) is 6.52. The van der Waals surface area contributed by atoms with Gasteiger partial charge in [0.15, 0.2) is 11.5 Å². The predicted octanol–water partition coefficient (Wildman–Crippen LogP) is 2.90. The van der Waals surface area contributed by atoms with Crippen LogP contribution >= 0.6 is 0 Å². The highest BCUT2D eigenvalue weighted by Gasteiger charge is 2.22. The van der Waals surface area contributed by atoms with Gasteiger partial charge < -0.3 is 5.73 Å². The molecule has 0 fully saturated rings. The molecule has 3 aromatic rings. The minimum Gasteiger partial charge on any atom is -0.382 e. The molecule has 102 valence electrons. The van der Waals surface area contributed by atoms with Crippen molar-refractivity contribution in [1.29, 1.82) is 0 Å². The molecule has 5 nitrogen and oxygen atoms in total. The quantitative estimate of drug-likeness (QED) is 0.710. The first kappa shape index (κ1) is 12.6. The van der Waals surface area contributed by atoms with Gasteiger partial charge in [-0.3, -0.25) is 10.1 Å². The Morgan fingerprint density at radius 2 is 1.85 bits per heavy atom. The summed E-state index contributed by atoms with van der Waals surface area (Å²) < 4.78 is 0. The van der Waals surface area contributed by atoms with Crippen LogP contribution in [0.1, 0.15) is 26.5 Å². The number of nitrogens with two attached hydrogens (primary N) is 1. The van der Waals surface area contributed by atoms with Gasteiger partial charge >= 0.3 is 0 Å². The summed E-state index contributed by atoms with van der Waals surface area (Å²) in [5, 5.41) is 7.76. The lowest BCUT2D eigenvalue weighted by atomic mass is 9.86. The summed E-state index contributed by atoms with van der Waals surface area (Å²) in [5.74, 6) is 0.475. The molecule has 0 atom stereocenters. The van der Waals surface area contributed by atoms with Crippen molar-refractivity contribution in [2.75, 3.05) is 5.73 Å².